The maximum absolute atomic E-state index is 11.0. The molecule has 2 fully saturated rings. The molecule has 3 N–H and O–H groups in total. The number of benzene rings is 1. The molecule has 2 bridgehead atoms. The zero-order valence-electron chi connectivity index (χ0n) is 12.0. The predicted octanol–water partition coefficient (Wildman–Crippen LogP) is 2.10. The maximum Gasteiger partial charge on any atom is 0.221 e. The van der Waals surface area contributed by atoms with E-state index in [1.54, 1.807) is 0 Å². The summed E-state index contributed by atoms with van der Waals surface area (Å²) in [6, 6.07) is 9.91. The van der Waals surface area contributed by atoms with Crippen LogP contribution in [-0.4, -0.2) is 28.9 Å². The van der Waals surface area contributed by atoms with Gasteiger partial charge in [0.25, 0.3) is 0 Å². The van der Waals surface area contributed by atoms with Crippen molar-refractivity contribution in [2.45, 2.75) is 57.3 Å². The number of nitrogens with one attached hydrogen (secondary N) is 1. The Bertz CT molecular complexity index is 471. The van der Waals surface area contributed by atoms with E-state index < -0.39 is 0 Å². The predicted molar refractivity (Wildman–Crippen MR) is 80.3 cm³/mol. The van der Waals surface area contributed by atoms with E-state index in [0.29, 0.717) is 18.1 Å². The third-order valence-corrected chi connectivity index (χ3v) is 4.56. The Hall–Kier alpha value is -1.39. The fourth-order valence-corrected chi connectivity index (χ4v) is 3.68. The molecule has 20 heavy (non-hydrogen) atoms. The zero-order valence-corrected chi connectivity index (χ0v) is 12.0. The second-order valence-electron chi connectivity index (χ2n) is 6.17. The van der Waals surface area contributed by atoms with Gasteiger partial charge in [0.15, 0.2) is 0 Å². The fourth-order valence-electron chi connectivity index (χ4n) is 3.68. The number of carbonyl (C=O) groups excluding carboxylic acids is 1. The number of carbonyl (C=O) groups is 1. The van der Waals surface area contributed by atoms with Gasteiger partial charge in [0.1, 0.15) is 0 Å². The second-order valence-corrected chi connectivity index (χ2v) is 6.17. The average Bonchev–Trinajstić information content (AvgIpc) is 2.64. The first-order chi connectivity index (χ1) is 9.61. The Morgan fingerprint density at radius 1 is 1.25 bits per heavy atom. The van der Waals surface area contributed by atoms with Gasteiger partial charge in [-0.2, -0.15) is 0 Å². The van der Waals surface area contributed by atoms with Gasteiger partial charge in [-0.25, -0.2) is 0 Å². The summed E-state index contributed by atoms with van der Waals surface area (Å²) in [5.74, 6) is -0.0270. The third-order valence-electron chi connectivity index (χ3n) is 4.56. The summed E-state index contributed by atoms with van der Waals surface area (Å²) in [4.78, 5) is 13.6. The van der Waals surface area contributed by atoms with E-state index in [-0.39, 0.29) is 5.91 Å². The summed E-state index contributed by atoms with van der Waals surface area (Å²) in [6.07, 6.45) is 4.87. The maximum atomic E-state index is 11.0. The molecule has 2 aliphatic heterocycles. The molecule has 1 aromatic carbocycles. The molecule has 0 aliphatic carbocycles. The lowest BCUT2D eigenvalue weighted by Gasteiger charge is -2.37. The number of piperidine rings is 1. The van der Waals surface area contributed by atoms with Crippen LogP contribution in [0.15, 0.2) is 24.3 Å². The Kier molecular flexibility index (Phi) is 3.76. The van der Waals surface area contributed by atoms with Gasteiger partial charge < -0.3 is 11.1 Å². The van der Waals surface area contributed by atoms with E-state index in [1.165, 1.54) is 25.3 Å². The van der Waals surface area contributed by atoms with E-state index in [4.69, 9.17) is 5.73 Å². The second kappa shape index (κ2) is 5.54. The van der Waals surface area contributed by atoms with Crippen molar-refractivity contribution in [3.05, 3.63) is 29.8 Å². The molecule has 2 atom stereocenters. The normalized spacial score (nSPS) is 29.4. The van der Waals surface area contributed by atoms with Gasteiger partial charge in [0.2, 0.25) is 5.91 Å². The van der Waals surface area contributed by atoms with Crippen molar-refractivity contribution < 1.29 is 4.79 Å². The van der Waals surface area contributed by atoms with Crippen LogP contribution in [0.3, 0.4) is 0 Å². The number of nitrogens with two attached hydrogens (primary N) is 1. The number of hydrogen-bond acceptors (Lipinski definition) is 3. The van der Waals surface area contributed by atoms with Crippen LogP contribution in [0.25, 0.3) is 0 Å². The van der Waals surface area contributed by atoms with E-state index in [1.807, 2.05) is 12.1 Å². The number of hydrogen-bond donors (Lipinski definition) is 2. The average molecular weight is 273 g/mol. The number of fused-ring (bicyclic) bond motifs is 2. The highest BCUT2D eigenvalue weighted by Gasteiger charge is 2.39. The van der Waals surface area contributed by atoms with Gasteiger partial charge in [-0.1, -0.05) is 12.1 Å². The van der Waals surface area contributed by atoms with E-state index in [0.717, 1.165) is 25.1 Å². The summed E-state index contributed by atoms with van der Waals surface area (Å²) < 4.78 is 0. The van der Waals surface area contributed by atoms with Crippen LogP contribution in [-0.2, 0) is 11.3 Å². The summed E-state index contributed by atoms with van der Waals surface area (Å²) in [5.41, 5.74) is 8.29. The molecule has 2 unspecified atom stereocenters. The molecule has 2 aliphatic rings. The molecular weight excluding hydrogens is 250 g/mol. The lowest BCUT2D eigenvalue weighted by Crippen LogP contribution is -2.46. The van der Waals surface area contributed by atoms with Gasteiger partial charge in [0, 0.05) is 37.3 Å². The van der Waals surface area contributed by atoms with Gasteiger partial charge in [-0.3, -0.25) is 9.69 Å². The molecule has 1 amide bonds. The van der Waals surface area contributed by atoms with Crippen molar-refractivity contribution in [3.8, 4) is 0 Å². The molecule has 3 rings (SSSR count). The van der Waals surface area contributed by atoms with Crippen molar-refractivity contribution >= 4 is 11.6 Å². The number of rotatable bonds is 3. The van der Waals surface area contributed by atoms with Crippen molar-refractivity contribution in [1.29, 1.82) is 0 Å². The Labute approximate surface area is 120 Å². The lowest BCUT2D eigenvalue weighted by atomic mass is 9.97. The number of amides is 1. The Morgan fingerprint density at radius 3 is 2.40 bits per heavy atom. The monoisotopic (exact) mass is 273 g/mol. The minimum absolute atomic E-state index is 0.0270. The van der Waals surface area contributed by atoms with Crippen molar-refractivity contribution in [2.75, 3.05) is 5.32 Å². The molecule has 4 nitrogen and oxygen atoms in total. The van der Waals surface area contributed by atoms with Crippen LogP contribution in [0.1, 0.15) is 38.2 Å². The first-order valence-corrected chi connectivity index (χ1v) is 7.49. The highest BCUT2D eigenvalue weighted by Crippen LogP contribution is 2.36. The summed E-state index contributed by atoms with van der Waals surface area (Å²) in [5, 5.41) is 2.80. The van der Waals surface area contributed by atoms with Crippen LogP contribution >= 0.6 is 0 Å². The highest BCUT2D eigenvalue weighted by atomic mass is 16.1. The molecule has 0 aromatic heterocycles. The number of anilines is 1. The molecule has 0 saturated carbocycles. The first-order valence-electron chi connectivity index (χ1n) is 7.49. The van der Waals surface area contributed by atoms with E-state index >= 15 is 0 Å². The van der Waals surface area contributed by atoms with Crippen LogP contribution in [0.2, 0.25) is 0 Å². The van der Waals surface area contributed by atoms with Crippen molar-refractivity contribution in [2.24, 2.45) is 5.73 Å². The van der Waals surface area contributed by atoms with Crippen LogP contribution in [0, 0.1) is 0 Å². The van der Waals surface area contributed by atoms with E-state index in [2.05, 4.69) is 22.3 Å². The smallest absolute Gasteiger partial charge is 0.221 e. The molecule has 0 spiro atoms. The molecular formula is C16H23N3O. The molecule has 4 heteroatoms. The standard InChI is InChI=1S/C16H23N3O/c1-11(20)18-14-4-2-12(3-5-14)10-19-15-6-7-16(19)9-13(17)8-15/h2-5,13,15-16H,6-10,17H2,1H3,(H,18,20). The van der Waals surface area contributed by atoms with Gasteiger partial charge in [-0.05, 0) is 43.4 Å². The molecule has 2 saturated heterocycles. The minimum Gasteiger partial charge on any atom is -0.328 e. The van der Waals surface area contributed by atoms with Gasteiger partial charge in [0.05, 0.1) is 0 Å². The molecule has 2 heterocycles. The van der Waals surface area contributed by atoms with Crippen molar-refractivity contribution in [1.82, 2.24) is 4.90 Å². The molecule has 0 radical (unpaired) electrons. The summed E-state index contributed by atoms with van der Waals surface area (Å²) in [6.45, 7) is 2.53. The highest BCUT2D eigenvalue weighted by molar-refractivity contribution is 5.88. The molecule has 108 valence electrons. The van der Waals surface area contributed by atoms with Gasteiger partial charge >= 0.3 is 0 Å². The van der Waals surface area contributed by atoms with Crippen molar-refractivity contribution in [3.63, 3.8) is 0 Å². The third kappa shape index (κ3) is 2.86. The summed E-state index contributed by atoms with van der Waals surface area (Å²) >= 11 is 0. The zero-order chi connectivity index (χ0) is 14.1. The van der Waals surface area contributed by atoms with Crippen LogP contribution < -0.4 is 11.1 Å². The fraction of sp³-hybridized carbons (Fsp3) is 0.562. The minimum atomic E-state index is -0.0270. The van der Waals surface area contributed by atoms with Crippen LogP contribution in [0.4, 0.5) is 5.69 Å². The topological polar surface area (TPSA) is 58.4 Å². The van der Waals surface area contributed by atoms with Gasteiger partial charge in [-0.15, -0.1) is 0 Å². The lowest BCUT2D eigenvalue weighted by molar-refractivity contribution is -0.114. The first kappa shape index (κ1) is 13.6. The number of nitrogens with zero attached hydrogens (tertiary/aromatic N) is 1. The quantitative estimate of drug-likeness (QED) is 0.886. The Balaban J connectivity index is 1.65. The SMILES string of the molecule is CC(=O)Nc1ccc(CN2C3CCC2CC(N)C3)cc1. The molecule has 1 aromatic rings. The van der Waals surface area contributed by atoms with Crippen LogP contribution in [0.5, 0.6) is 0 Å². The summed E-state index contributed by atoms with van der Waals surface area (Å²) in [7, 11) is 0. The largest absolute Gasteiger partial charge is 0.328 e. The van der Waals surface area contributed by atoms with E-state index in [9.17, 15) is 4.79 Å². The Morgan fingerprint density at radius 2 is 1.85 bits per heavy atom.